The van der Waals surface area contributed by atoms with Gasteiger partial charge in [0.15, 0.2) is 0 Å². The predicted molar refractivity (Wildman–Crippen MR) is 163 cm³/mol. The van der Waals surface area contributed by atoms with Crippen molar-refractivity contribution >= 4 is 32.8 Å². The van der Waals surface area contributed by atoms with Crippen LogP contribution in [0.25, 0.3) is 66.9 Å². The average molecular weight is 516 g/mol. The summed E-state index contributed by atoms with van der Waals surface area (Å²) in [5, 5.41) is 2.41. The van der Waals surface area contributed by atoms with E-state index in [9.17, 15) is 0 Å². The molecule has 0 N–H and O–H groups in total. The van der Waals surface area contributed by atoms with E-state index in [0.29, 0.717) is 0 Å². The lowest BCUT2D eigenvalue weighted by Gasteiger charge is -2.11. The van der Waals surface area contributed by atoms with Crippen LogP contribution >= 0.6 is 0 Å². The molecule has 0 unspecified atom stereocenters. The average Bonchev–Trinajstić information content (AvgIpc) is 3.74. The first-order valence-corrected chi connectivity index (χ1v) is 13.4. The van der Waals surface area contributed by atoms with Crippen molar-refractivity contribution in [2.24, 2.45) is 7.05 Å². The summed E-state index contributed by atoms with van der Waals surface area (Å²) >= 11 is 0. The van der Waals surface area contributed by atoms with Gasteiger partial charge in [-0.25, -0.2) is 4.98 Å². The molecule has 0 aliphatic rings. The molecule has 0 spiro atoms. The van der Waals surface area contributed by atoms with Crippen molar-refractivity contribution in [2.45, 2.75) is 0 Å². The van der Waals surface area contributed by atoms with E-state index in [4.69, 9.17) is 4.98 Å². The third kappa shape index (κ3) is 3.48. The van der Waals surface area contributed by atoms with Crippen molar-refractivity contribution < 1.29 is 0 Å². The molecular weight excluding hydrogens is 490 g/mol. The van der Waals surface area contributed by atoms with Crippen LogP contribution in [0.5, 0.6) is 0 Å². The molecule has 190 valence electrons. The number of pyridine rings is 1. The van der Waals surface area contributed by atoms with Gasteiger partial charge in [-0.1, -0.05) is 42.5 Å². The number of benzene rings is 4. The predicted octanol–water partition coefficient (Wildman–Crippen LogP) is 8.19. The van der Waals surface area contributed by atoms with E-state index in [1.165, 1.54) is 10.8 Å². The molecule has 0 aliphatic carbocycles. The van der Waals surface area contributed by atoms with E-state index in [0.717, 1.165) is 56.1 Å². The molecule has 0 fully saturated rings. The number of aromatic nitrogens is 5. The molecule has 0 saturated heterocycles. The lowest BCUT2D eigenvalue weighted by Crippen LogP contribution is -1.96. The molecule has 0 amide bonds. The normalized spacial score (nSPS) is 11.6. The Hall–Kier alpha value is -5.42. The molecule has 5 heteroatoms. The Balaban J connectivity index is 1.40. The maximum atomic E-state index is 4.99. The van der Waals surface area contributed by atoms with Gasteiger partial charge in [-0.15, -0.1) is 0 Å². The van der Waals surface area contributed by atoms with Crippen molar-refractivity contribution in [3.05, 3.63) is 134 Å². The molecule has 8 rings (SSSR count). The number of para-hydroxylation sites is 2. The minimum Gasteiger partial charge on any atom is -0.327 e. The minimum atomic E-state index is 0.954. The van der Waals surface area contributed by atoms with Gasteiger partial charge in [0, 0.05) is 58.9 Å². The highest BCUT2D eigenvalue weighted by atomic mass is 15.1. The second-order valence-corrected chi connectivity index (χ2v) is 10.1. The van der Waals surface area contributed by atoms with Crippen LogP contribution in [0, 0.1) is 0 Å². The molecular formula is C35H25N5. The van der Waals surface area contributed by atoms with Crippen LogP contribution in [0.3, 0.4) is 0 Å². The molecule has 8 aromatic rings. The molecule has 0 bridgehead atoms. The van der Waals surface area contributed by atoms with Crippen LogP contribution in [-0.4, -0.2) is 23.7 Å². The molecule has 0 atom stereocenters. The molecule has 0 aliphatic heterocycles. The van der Waals surface area contributed by atoms with Crippen LogP contribution in [0.15, 0.2) is 134 Å². The summed E-state index contributed by atoms with van der Waals surface area (Å²) in [6.07, 6.45) is 6.01. The second-order valence-electron chi connectivity index (χ2n) is 10.1. The summed E-state index contributed by atoms with van der Waals surface area (Å²) in [5.41, 5.74) is 9.79. The number of imidazole rings is 1. The molecule has 4 aromatic heterocycles. The molecule has 5 nitrogen and oxygen atoms in total. The van der Waals surface area contributed by atoms with Crippen molar-refractivity contribution in [3.8, 4) is 34.0 Å². The van der Waals surface area contributed by atoms with Crippen LogP contribution in [0.4, 0.5) is 0 Å². The van der Waals surface area contributed by atoms with E-state index >= 15 is 0 Å². The first kappa shape index (κ1) is 22.6. The summed E-state index contributed by atoms with van der Waals surface area (Å²) in [4.78, 5) is 9.59. The third-order valence-corrected chi connectivity index (χ3v) is 7.76. The van der Waals surface area contributed by atoms with Gasteiger partial charge in [0.05, 0.1) is 27.8 Å². The fourth-order valence-electron chi connectivity index (χ4n) is 5.83. The second kappa shape index (κ2) is 8.82. The quantitative estimate of drug-likeness (QED) is 0.237. The Morgan fingerprint density at radius 1 is 0.575 bits per heavy atom. The summed E-state index contributed by atoms with van der Waals surface area (Å²) in [6, 6.07) is 40.5. The Bertz CT molecular complexity index is 2170. The highest BCUT2D eigenvalue weighted by Gasteiger charge is 2.17. The van der Waals surface area contributed by atoms with E-state index in [1.807, 2.05) is 24.4 Å². The van der Waals surface area contributed by atoms with Crippen LogP contribution < -0.4 is 0 Å². The Kier molecular flexibility index (Phi) is 4.97. The zero-order chi connectivity index (χ0) is 26.6. The maximum Gasteiger partial charge on any atom is 0.140 e. The van der Waals surface area contributed by atoms with E-state index in [2.05, 4.69) is 135 Å². The van der Waals surface area contributed by atoms with Crippen molar-refractivity contribution in [1.82, 2.24) is 23.7 Å². The van der Waals surface area contributed by atoms with E-state index < -0.39 is 0 Å². The van der Waals surface area contributed by atoms with E-state index in [1.54, 1.807) is 0 Å². The van der Waals surface area contributed by atoms with Gasteiger partial charge in [-0.2, -0.15) is 0 Å². The number of hydrogen-bond donors (Lipinski definition) is 0. The maximum absolute atomic E-state index is 4.99. The van der Waals surface area contributed by atoms with Crippen LogP contribution in [-0.2, 0) is 7.05 Å². The molecule has 40 heavy (non-hydrogen) atoms. The van der Waals surface area contributed by atoms with Crippen LogP contribution in [0.2, 0.25) is 0 Å². The Labute approximate surface area is 231 Å². The van der Waals surface area contributed by atoms with Crippen LogP contribution in [0.1, 0.15) is 0 Å². The lowest BCUT2D eigenvalue weighted by atomic mass is 10.1. The first-order valence-electron chi connectivity index (χ1n) is 13.4. The summed E-state index contributed by atoms with van der Waals surface area (Å²) in [7, 11) is 2.09. The molecule has 4 aromatic carbocycles. The van der Waals surface area contributed by atoms with Crippen molar-refractivity contribution in [2.75, 3.05) is 0 Å². The van der Waals surface area contributed by atoms with E-state index in [-0.39, 0.29) is 0 Å². The van der Waals surface area contributed by atoms with Gasteiger partial charge in [0.25, 0.3) is 0 Å². The topological polar surface area (TPSA) is 40.6 Å². The Morgan fingerprint density at radius 3 is 2.30 bits per heavy atom. The van der Waals surface area contributed by atoms with Gasteiger partial charge in [0.1, 0.15) is 5.82 Å². The highest BCUT2D eigenvalue weighted by Crippen LogP contribution is 2.37. The smallest absolute Gasteiger partial charge is 0.140 e. The fraction of sp³-hybridized carbons (Fsp3) is 0.0286. The first-order chi connectivity index (χ1) is 19.7. The largest absolute Gasteiger partial charge is 0.327 e. The zero-order valence-electron chi connectivity index (χ0n) is 21.9. The molecule has 4 heterocycles. The van der Waals surface area contributed by atoms with Gasteiger partial charge < -0.3 is 13.7 Å². The standard InChI is InChI=1S/C35H25N5/c1-38-33-13-3-2-12-31(33)37-35(38)25-14-16-28-29-23-26(39-19-6-7-20-39)15-17-32(29)40(34(28)22-25)27-10-8-9-24(21-27)30-11-4-5-18-36-30/h2-23H,1H3. The Morgan fingerprint density at radius 2 is 1.45 bits per heavy atom. The number of nitrogens with zero attached hydrogens (tertiary/aromatic N) is 5. The zero-order valence-corrected chi connectivity index (χ0v) is 21.9. The van der Waals surface area contributed by atoms with Gasteiger partial charge in [-0.05, 0) is 72.8 Å². The van der Waals surface area contributed by atoms with Crippen molar-refractivity contribution in [3.63, 3.8) is 0 Å². The molecule has 0 radical (unpaired) electrons. The summed E-state index contributed by atoms with van der Waals surface area (Å²) in [6.45, 7) is 0. The fourth-order valence-corrected chi connectivity index (χ4v) is 5.83. The number of hydrogen-bond acceptors (Lipinski definition) is 2. The van der Waals surface area contributed by atoms with Gasteiger partial charge >= 0.3 is 0 Å². The number of rotatable bonds is 4. The SMILES string of the molecule is Cn1c(-c2ccc3c4cc(-n5cccc5)ccc4n(-c4cccc(-c5ccccn5)c4)c3c2)nc2ccccc21. The highest BCUT2D eigenvalue weighted by molar-refractivity contribution is 6.11. The number of fused-ring (bicyclic) bond motifs is 4. The summed E-state index contributed by atoms with van der Waals surface area (Å²) < 4.78 is 6.69. The van der Waals surface area contributed by atoms with Crippen molar-refractivity contribution in [1.29, 1.82) is 0 Å². The number of aryl methyl sites for hydroxylation is 1. The monoisotopic (exact) mass is 515 g/mol. The summed E-state index contributed by atoms with van der Waals surface area (Å²) in [5.74, 6) is 0.954. The lowest BCUT2D eigenvalue weighted by molar-refractivity contribution is 0.959. The minimum absolute atomic E-state index is 0.954. The van der Waals surface area contributed by atoms with Gasteiger partial charge in [-0.3, -0.25) is 4.98 Å². The third-order valence-electron chi connectivity index (χ3n) is 7.76. The van der Waals surface area contributed by atoms with Gasteiger partial charge in [0.2, 0.25) is 0 Å². The molecule has 0 saturated carbocycles.